The zero-order valence-electron chi connectivity index (χ0n) is 14.6. The summed E-state index contributed by atoms with van der Waals surface area (Å²) in [4.78, 5) is 17.3. The molecule has 0 fully saturated rings. The van der Waals surface area contributed by atoms with Gasteiger partial charge in [0.2, 0.25) is 0 Å². The van der Waals surface area contributed by atoms with Crippen LogP contribution < -0.4 is 5.32 Å². The van der Waals surface area contributed by atoms with Gasteiger partial charge in [-0.2, -0.15) is 0 Å². The van der Waals surface area contributed by atoms with E-state index in [-0.39, 0.29) is 18.4 Å². The van der Waals surface area contributed by atoms with Crippen LogP contribution in [0.15, 0.2) is 41.6 Å². The number of oxime groups is 1. The predicted molar refractivity (Wildman–Crippen MR) is 108 cm³/mol. The zero-order valence-corrected chi connectivity index (χ0v) is 16.9. The summed E-state index contributed by atoms with van der Waals surface area (Å²) in [5.41, 5.74) is 2.98. The molecule has 7 heteroatoms. The predicted octanol–water partition coefficient (Wildman–Crippen LogP) is 5.49. The minimum atomic E-state index is -0.235. The lowest BCUT2D eigenvalue weighted by Gasteiger charge is -2.16. The molecule has 1 amide bonds. The molecular weight excluding hydrogens is 395 g/mol. The lowest BCUT2D eigenvalue weighted by atomic mass is 9.96. The molecule has 1 unspecified atom stereocenters. The molecule has 2 aromatic carbocycles. The number of rotatable bonds is 6. The van der Waals surface area contributed by atoms with Gasteiger partial charge in [-0.15, -0.1) is 0 Å². The first-order valence-electron chi connectivity index (χ1n) is 7.92. The number of carbonyl (C=O) groups is 1. The third-order valence-corrected chi connectivity index (χ3v) is 4.84. The summed E-state index contributed by atoms with van der Waals surface area (Å²) >= 11 is 18.1. The van der Waals surface area contributed by atoms with Crippen molar-refractivity contribution in [2.24, 2.45) is 5.16 Å². The molecule has 0 spiro atoms. The molecule has 0 aliphatic heterocycles. The maximum absolute atomic E-state index is 12.4. The Morgan fingerprint density at radius 3 is 2.50 bits per heavy atom. The molecule has 1 atom stereocenters. The van der Waals surface area contributed by atoms with Crippen LogP contribution in [0.3, 0.4) is 0 Å². The molecule has 0 bridgehead atoms. The van der Waals surface area contributed by atoms with Crippen LogP contribution in [-0.4, -0.2) is 25.3 Å². The number of halogens is 3. The van der Waals surface area contributed by atoms with E-state index in [0.29, 0.717) is 26.3 Å². The van der Waals surface area contributed by atoms with Crippen molar-refractivity contribution in [2.75, 3.05) is 13.7 Å². The lowest BCUT2D eigenvalue weighted by Crippen LogP contribution is -2.32. The molecule has 4 nitrogen and oxygen atoms in total. The monoisotopic (exact) mass is 412 g/mol. The van der Waals surface area contributed by atoms with Crippen molar-refractivity contribution in [3.63, 3.8) is 0 Å². The molecule has 2 rings (SSSR count). The van der Waals surface area contributed by atoms with Crippen LogP contribution in [0.25, 0.3) is 0 Å². The summed E-state index contributed by atoms with van der Waals surface area (Å²) in [5, 5.41) is 8.37. The number of amides is 1. The van der Waals surface area contributed by atoms with Crippen LogP contribution in [-0.2, 0) is 4.84 Å². The van der Waals surface area contributed by atoms with Gasteiger partial charge in [0.05, 0.1) is 22.3 Å². The van der Waals surface area contributed by atoms with Gasteiger partial charge in [-0.1, -0.05) is 52.9 Å². The molecule has 0 heterocycles. The van der Waals surface area contributed by atoms with E-state index in [4.69, 9.17) is 39.6 Å². The van der Waals surface area contributed by atoms with Gasteiger partial charge in [0.15, 0.2) is 0 Å². The lowest BCUT2D eigenvalue weighted by molar-refractivity contribution is 0.0958. The van der Waals surface area contributed by atoms with Crippen LogP contribution in [0.1, 0.15) is 34.3 Å². The Morgan fingerprint density at radius 2 is 1.88 bits per heavy atom. The maximum atomic E-state index is 12.4. The van der Waals surface area contributed by atoms with Crippen molar-refractivity contribution in [3.8, 4) is 0 Å². The average molecular weight is 414 g/mol. The van der Waals surface area contributed by atoms with Gasteiger partial charge in [-0.3, -0.25) is 4.79 Å². The molecule has 138 valence electrons. The quantitative estimate of drug-likeness (QED) is 0.503. The molecule has 0 aromatic heterocycles. The Hall–Kier alpha value is -1.75. The smallest absolute Gasteiger partial charge is 0.251 e. The van der Waals surface area contributed by atoms with E-state index < -0.39 is 0 Å². The highest BCUT2D eigenvalue weighted by Gasteiger charge is 2.17. The van der Waals surface area contributed by atoms with E-state index in [1.807, 2.05) is 19.9 Å². The fourth-order valence-electron chi connectivity index (χ4n) is 2.50. The molecule has 2 aromatic rings. The molecule has 26 heavy (non-hydrogen) atoms. The topological polar surface area (TPSA) is 50.7 Å². The van der Waals surface area contributed by atoms with Gasteiger partial charge in [-0.05, 0) is 48.4 Å². The van der Waals surface area contributed by atoms with Crippen LogP contribution in [0.4, 0.5) is 0 Å². The number of nitrogens with zero attached hydrogens (tertiary/aromatic N) is 1. The Morgan fingerprint density at radius 1 is 1.15 bits per heavy atom. The summed E-state index contributed by atoms with van der Waals surface area (Å²) in [7, 11) is 1.46. The Labute approximate surface area is 168 Å². The second kappa shape index (κ2) is 9.26. The standard InChI is InChI=1S/C19H19Cl3N2O2/c1-11-6-14(8-15(20)7-11)19(25)23-10-18(24-26-3)12(2)13-4-5-16(21)17(22)9-13/h4-9,12H,10H2,1-3H3,(H,23,25)/b24-18-. The van der Waals surface area contributed by atoms with E-state index in [1.165, 1.54) is 7.11 Å². The van der Waals surface area contributed by atoms with E-state index in [1.54, 1.807) is 30.3 Å². The first-order valence-corrected chi connectivity index (χ1v) is 9.05. The molecule has 0 saturated heterocycles. The maximum Gasteiger partial charge on any atom is 0.251 e. The van der Waals surface area contributed by atoms with Crippen molar-refractivity contribution in [1.82, 2.24) is 5.32 Å². The third kappa shape index (κ3) is 5.37. The van der Waals surface area contributed by atoms with Crippen LogP contribution in [0.2, 0.25) is 15.1 Å². The molecule has 1 N–H and O–H groups in total. The average Bonchev–Trinajstić information content (AvgIpc) is 2.59. The third-order valence-electron chi connectivity index (χ3n) is 3.89. The molecule has 0 aliphatic rings. The van der Waals surface area contributed by atoms with Crippen molar-refractivity contribution in [3.05, 3.63) is 68.2 Å². The van der Waals surface area contributed by atoms with Crippen LogP contribution in [0, 0.1) is 6.92 Å². The Balaban J connectivity index is 2.13. The highest BCUT2D eigenvalue weighted by Crippen LogP contribution is 2.27. The fraction of sp³-hybridized carbons (Fsp3) is 0.263. The van der Waals surface area contributed by atoms with Crippen molar-refractivity contribution < 1.29 is 9.63 Å². The summed E-state index contributed by atoms with van der Waals surface area (Å²) in [6.45, 7) is 4.06. The Kier molecular flexibility index (Phi) is 7.33. The second-order valence-electron chi connectivity index (χ2n) is 5.86. The van der Waals surface area contributed by atoms with Gasteiger partial charge in [0.1, 0.15) is 7.11 Å². The fourth-order valence-corrected chi connectivity index (χ4v) is 3.09. The van der Waals surface area contributed by atoms with Crippen LogP contribution >= 0.6 is 34.8 Å². The largest absolute Gasteiger partial charge is 0.399 e. The summed E-state index contributed by atoms with van der Waals surface area (Å²) in [6, 6.07) is 10.6. The molecular formula is C19H19Cl3N2O2. The number of carbonyl (C=O) groups excluding carboxylic acids is 1. The SMILES string of the molecule is CO/N=C(/CNC(=O)c1cc(C)cc(Cl)c1)C(C)c1ccc(Cl)c(Cl)c1. The van der Waals surface area contributed by atoms with Crippen molar-refractivity contribution >= 4 is 46.4 Å². The normalized spacial score (nSPS) is 12.6. The van der Waals surface area contributed by atoms with E-state index in [9.17, 15) is 4.79 Å². The highest BCUT2D eigenvalue weighted by molar-refractivity contribution is 6.42. The van der Waals surface area contributed by atoms with Gasteiger partial charge in [0, 0.05) is 16.5 Å². The minimum Gasteiger partial charge on any atom is -0.399 e. The summed E-state index contributed by atoms with van der Waals surface area (Å²) in [5.74, 6) is -0.355. The number of hydrogen-bond acceptors (Lipinski definition) is 3. The highest BCUT2D eigenvalue weighted by atomic mass is 35.5. The van der Waals surface area contributed by atoms with Gasteiger partial charge >= 0.3 is 0 Å². The molecule has 0 saturated carbocycles. The van der Waals surface area contributed by atoms with Gasteiger partial charge in [-0.25, -0.2) is 0 Å². The molecule has 0 radical (unpaired) electrons. The summed E-state index contributed by atoms with van der Waals surface area (Å²) in [6.07, 6.45) is 0. The van der Waals surface area contributed by atoms with Crippen molar-refractivity contribution in [1.29, 1.82) is 0 Å². The van der Waals surface area contributed by atoms with E-state index >= 15 is 0 Å². The minimum absolute atomic E-state index is 0.119. The number of hydrogen-bond donors (Lipinski definition) is 1. The first kappa shape index (κ1) is 20.6. The van der Waals surface area contributed by atoms with Gasteiger partial charge in [0.25, 0.3) is 5.91 Å². The van der Waals surface area contributed by atoms with Gasteiger partial charge < -0.3 is 10.2 Å². The summed E-state index contributed by atoms with van der Waals surface area (Å²) < 4.78 is 0. The number of aryl methyl sites for hydroxylation is 1. The second-order valence-corrected chi connectivity index (χ2v) is 7.11. The van der Waals surface area contributed by atoms with E-state index in [0.717, 1.165) is 11.1 Å². The number of benzene rings is 2. The number of nitrogens with one attached hydrogen (secondary N) is 1. The van der Waals surface area contributed by atoms with Crippen molar-refractivity contribution in [2.45, 2.75) is 19.8 Å². The Bertz CT molecular complexity index is 817. The van der Waals surface area contributed by atoms with E-state index in [2.05, 4.69) is 10.5 Å². The molecule has 0 aliphatic carbocycles. The van der Waals surface area contributed by atoms with Crippen LogP contribution in [0.5, 0.6) is 0 Å². The zero-order chi connectivity index (χ0) is 19.3. The first-order chi connectivity index (χ1) is 12.3.